The number of imide groups is 1. The van der Waals surface area contributed by atoms with Gasteiger partial charge in [-0.15, -0.1) is 0 Å². The summed E-state index contributed by atoms with van der Waals surface area (Å²) in [6, 6.07) is 12.8. The number of likely N-dealkylation sites (N-methyl/N-ethyl adjacent to an activating group) is 1. The number of benzene rings is 2. The number of halogens is 1. The number of ether oxygens (including phenoxy) is 2. The van der Waals surface area contributed by atoms with Gasteiger partial charge < -0.3 is 9.47 Å². The van der Waals surface area contributed by atoms with Crippen molar-refractivity contribution in [3.05, 3.63) is 63.5 Å². The van der Waals surface area contributed by atoms with Crippen molar-refractivity contribution >= 4 is 40.6 Å². The van der Waals surface area contributed by atoms with E-state index in [0.717, 1.165) is 17.3 Å². The Morgan fingerprint density at radius 2 is 1.89 bits per heavy atom. The molecule has 1 aliphatic heterocycles. The smallest absolute Gasteiger partial charge is 0.293 e. The Morgan fingerprint density at radius 1 is 1.15 bits per heavy atom. The molecule has 1 aliphatic rings. The number of para-hydroxylation sites is 1. The van der Waals surface area contributed by atoms with Crippen LogP contribution >= 0.6 is 23.4 Å². The van der Waals surface area contributed by atoms with Gasteiger partial charge in [0.15, 0.2) is 11.5 Å². The summed E-state index contributed by atoms with van der Waals surface area (Å²) < 4.78 is 11.4. The number of nitrogens with zero attached hydrogens (tertiary/aromatic N) is 1. The van der Waals surface area contributed by atoms with Crippen molar-refractivity contribution in [2.75, 3.05) is 13.7 Å². The summed E-state index contributed by atoms with van der Waals surface area (Å²) in [7, 11) is 1.55. The molecule has 0 unspecified atom stereocenters. The quantitative estimate of drug-likeness (QED) is 0.636. The molecule has 140 valence electrons. The lowest BCUT2D eigenvalue weighted by molar-refractivity contribution is -0.122. The molecule has 0 aliphatic carbocycles. The van der Waals surface area contributed by atoms with Crippen LogP contribution in [0.4, 0.5) is 4.79 Å². The second kappa shape index (κ2) is 8.50. The summed E-state index contributed by atoms with van der Waals surface area (Å²) in [5, 5.41) is 0.392. The molecule has 0 saturated carbocycles. The zero-order valence-electron chi connectivity index (χ0n) is 14.9. The first-order valence-electron chi connectivity index (χ1n) is 8.33. The SMILES string of the molecule is CCN1C(=O)S/C(=C/c2cccc(OC)c2OCc2ccc(Cl)cc2)C1=O. The van der Waals surface area contributed by atoms with Gasteiger partial charge in [0.05, 0.1) is 12.0 Å². The zero-order chi connectivity index (χ0) is 19.4. The van der Waals surface area contributed by atoms with Gasteiger partial charge in [0.2, 0.25) is 0 Å². The highest BCUT2D eigenvalue weighted by Crippen LogP contribution is 2.37. The largest absolute Gasteiger partial charge is 0.493 e. The Bertz CT molecular complexity index is 895. The maximum Gasteiger partial charge on any atom is 0.293 e. The van der Waals surface area contributed by atoms with Crippen LogP contribution < -0.4 is 9.47 Å². The van der Waals surface area contributed by atoms with Crippen LogP contribution in [-0.4, -0.2) is 29.7 Å². The molecule has 5 nitrogen and oxygen atoms in total. The van der Waals surface area contributed by atoms with Crippen molar-refractivity contribution in [2.24, 2.45) is 0 Å². The van der Waals surface area contributed by atoms with Crippen molar-refractivity contribution < 1.29 is 19.1 Å². The molecule has 7 heteroatoms. The summed E-state index contributed by atoms with van der Waals surface area (Å²) in [6.07, 6.45) is 1.67. The summed E-state index contributed by atoms with van der Waals surface area (Å²) in [6.45, 7) is 2.43. The first-order valence-corrected chi connectivity index (χ1v) is 9.52. The first kappa shape index (κ1) is 19.3. The molecule has 0 radical (unpaired) electrons. The van der Waals surface area contributed by atoms with Crippen LogP contribution in [0.1, 0.15) is 18.1 Å². The average Bonchev–Trinajstić information content (AvgIpc) is 2.94. The van der Waals surface area contributed by atoms with Crippen molar-refractivity contribution in [2.45, 2.75) is 13.5 Å². The molecule has 27 heavy (non-hydrogen) atoms. The van der Waals surface area contributed by atoms with E-state index in [4.69, 9.17) is 21.1 Å². The van der Waals surface area contributed by atoms with Crippen LogP contribution in [0, 0.1) is 0 Å². The van der Waals surface area contributed by atoms with Crippen molar-refractivity contribution in [1.29, 1.82) is 0 Å². The molecule has 0 aromatic heterocycles. The van der Waals surface area contributed by atoms with E-state index in [-0.39, 0.29) is 11.1 Å². The molecule has 0 N–H and O–H groups in total. The van der Waals surface area contributed by atoms with E-state index >= 15 is 0 Å². The molecule has 1 saturated heterocycles. The number of amides is 2. The fraction of sp³-hybridized carbons (Fsp3) is 0.200. The number of carbonyl (C=O) groups is 2. The van der Waals surface area contributed by atoms with E-state index in [9.17, 15) is 9.59 Å². The first-order chi connectivity index (χ1) is 13.0. The molecule has 0 atom stereocenters. The molecule has 0 spiro atoms. The Labute approximate surface area is 166 Å². The van der Waals surface area contributed by atoms with E-state index in [1.165, 1.54) is 4.90 Å². The highest BCUT2D eigenvalue weighted by molar-refractivity contribution is 8.18. The predicted molar refractivity (Wildman–Crippen MR) is 107 cm³/mol. The van der Waals surface area contributed by atoms with E-state index in [2.05, 4.69) is 0 Å². The maximum atomic E-state index is 12.4. The summed E-state index contributed by atoms with van der Waals surface area (Å²) in [5.74, 6) is 0.768. The maximum absolute atomic E-state index is 12.4. The number of hydrogen-bond donors (Lipinski definition) is 0. The number of rotatable bonds is 6. The topological polar surface area (TPSA) is 55.8 Å². The van der Waals surface area contributed by atoms with Crippen molar-refractivity contribution in [1.82, 2.24) is 4.90 Å². The standard InChI is InChI=1S/C20H18ClNO4S/c1-3-22-19(23)17(27-20(22)24)11-14-5-4-6-16(25-2)18(14)26-12-13-7-9-15(21)10-8-13/h4-11H,3,12H2,1-2H3/b17-11+. The summed E-state index contributed by atoms with van der Waals surface area (Å²) in [4.78, 5) is 25.9. The summed E-state index contributed by atoms with van der Waals surface area (Å²) in [5.41, 5.74) is 1.62. The minimum atomic E-state index is -0.293. The highest BCUT2D eigenvalue weighted by atomic mass is 35.5. The third kappa shape index (κ3) is 4.28. The Balaban J connectivity index is 1.90. The minimum absolute atomic E-state index is 0.264. The van der Waals surface area contributed by atoms with Gasteiger partial charge in [-0.25, -0.2) is 0 Å². The van der Waals surface area contributed by atoms with Crippen molar-refractivity contribution in [3.63, 3.8) is 0 Å². The number of hydrogen-bond acceptors (Lipinski definition) is 5. The van der Waals surface area contributed by atoms with Gasteiger partial charge in [-0.05, 0) is 48.5 Å². The van der Waals surface area contributed by atoms with Gasteiger partial charge in [-0.1, -0.05) is 35.9 Å². The second-order valence-electron chi connectivity index (χ2n) is 5.72. The van der Waals surface area contributed by atoms with Crippen LogP contribution in [0.15, 0.2) is 47.4 Å². The van der Waals surface area contributed by atoms with Crippen LogP contribution in [0.3, 0.4) is 0 Å². The molecule has 1 fully saturated rings. The predicted octanol–water partition coefficient (Wildman–Crippen LogP) is 4.98. The van der Waals surface area contributed by atoms with Gasteiger partial charge in [0, 0.05) is 17.1 Å². The highest BCUT2D eigenvalue weighted by Gasteiger charge is 2.34. The molecule has 2 aromatic carbocycles. The monoisotopic (exact) mass is 403 g/mol. The molecule has 3 rings (SSSR count). The lowest BCUT2D eigenvalue weighted by atomic mass is 10.1. The number of carbonyl (C=O) groups excluding carboxylic acids is 2. The van der Waals surface area contributed by atoms with Gasteiger partial charge in [0.1, 0.15) is 6.61 Å². The van der Waals surface area contributed by atoms with Gasteiger partial charge in [-0.2, -0.15) is 0 Å². The molecule has 2 aromatic rings. The summed E-state index contributed by atoms with van der Waals surface area (Å²) >= 11 is 6.84. The van der Waals surface area contributed by atoms with Crippen LogP contribution in [0.25, 0.3) is 6.08 Å². The number of thioether (sulfide) groups is 1. The lowest BCUT2D eigenvalue weighted by Crippen LogP contribution is -2.27. The third-order valence-corrected chi connectivity index (χ3v) is 5.16. The Kier molecular flexibility index (Phi) is 6.08. The van der Waals surface area contributed by atoms with E-state index in [1.54, 1.807) is 38.3 Å². The zero-order valence-corrected chi connectivity index (χ0v) is 16.5. The molecule has 0 bridgehead atoms. The van der Waals surface area contributed by atoms with Gasteiger partial charge in [0.25, 0.3) is 11.1 Å². The molecule has 1 heterocycles. The minimum Gasteiger partial charge on any atom is -0.493 e. The van der Waals surface area contributed by atoms with Crippen LogP contribution in [0.2, 0.25) is 5.02 Å². The fourth-order valence-corrected chi connectivity index (χ4v) is 3.63. The molecular weight excluding hydrogens is 386 g/mol. The fourth-order valence-electron chi connectivity index (χ4n) is 2.61. The van der Waals surface area contributed by atoms with Crippen LogP contribution in [0.5, 0.6) is 11.5 Å². The Hall–Kier alpha value is -2.44. The lowest BCUT2D eigenvalue weighted by Gasteiger charge is -2.14. The molecular formula is C20H18ClNO4S. The van der Waals surface area contributed by atoms with E-state index < -0.39 is 0 Å². The normalized spacial score (nSPS) is 15.5. The van der Waals surface area contributed by atoms with E-state index in [1.807, 2.05) is 24.3 Å². The number of methoxy groups -OCH3 is 1. The van der Waals surface area contributed by atoms with E-state index in [0.29, 0.717) is 40.1 Å². The third-order valence-electron chi connectivity index (χ3n) is 4.00. The van der Waals surface area contributed by atoms with Crippen molar-refractivity contribution in [3.8, 4) is 11.5 Å². The van der Waals surface area contributed by atoms with Crippen LogP contribution in [-0.2, 0) is 11.4 Å². The van der Waals surface area contributed by atoms with Gasteiger partial charge >= 0.3 is 0 Å². The van der Waals surface area contributed by atoms with Gasteiger partial charge in [-0.3, -0.25) is 14.5 Å². The average molecular weight is 404 g/mol. The molecule has 2 amide bonds. The second-order valence-corrected chi connectivity index (χ2v) is 7.15. The Morgan fingerprint density at radius 3 is 2.52 bits per heavy atom.